The normalized spacial score (nSPS) is 9.65. The van der Waals surface area contributed by atoms with E-state index in [-0.39, 0.29) is 23.8 Å². The average Bonchev–Trinajstić information content (AvgIpc) is 2.31. The fraction of sp³-hybridized carbons (Fsp3) is 0.182. The molecule has 0 fully saturated rings. The summed E-state index contributed by atoms with van der Waals surface area (Å²) in [6.45, 7) is 7.09. The Bertz CT molecular complexity index is 619. The van der Waals surface area contributed by atoms with E-state index in [1.807, 2.05) is 0 Å². The molecule has 1 aromatic rings. The first-order valence-corrected chi connectivity index (χ1v) is 5.11. The fourth-order valence-electron chi connectivity index (χ4n) is 1.35. The Balaban J connectivity index is 3.76. The molecule has 0 aliphatic rings. The van der Waals surface area contributed by atoms with E-state index < -0.39 is 11.2 Å². The van der Waals surface area contributed by atoms with Crippen molar-refractivity contribution in [1.29, 1.82) is 5.26 Å². The van der Waals surface area contributed by atoms with Gasteiger partial charge in [0, 0.05) is 13.1 Å². The molecule has 1 aromatic heterocycles. The molecule has 0 atom stereocenters. The van der Waals surface area contributed by atoms with Gasteiger partial charge < -0.3 is 0 Å². The molecule has 0 aromatic carbocycles. The van der Waals surface area contributed by atoms with Gasteiger partial charge in [-0.25, -0.2) is 4.79 Å². The Morgan fingerprint density at radius 2 is 1.76 bits per heavy atom. The molecule has 1 heterocycles. The van der Waals surface area contributed by atoms with E-state index in [1.54, 1.807) is 6.07 Å². The van der Waals surface area contributed by atoms with Crippen molar-refractivity contribution in [1.82, 2.24) is 9.13 Å². The third kappa shape index (κ3) is 2.22. The van der Waals surface area contributed by atoms with E-state index in [1.165, 1.54) is 12.2 Å². The maximum atomic E-state index is 11.9. The SMILES string of the molecule is C=CCn1c(Cl)c(C#N)c(=O)n(CC=C)c1=O. The number of nitriles is 1. The molecule has 0 spiro atoms. The molecule has 88 valence electrons. The summed E-state index contributed by atoms with van der Waals surface area (Å²) >= 11 is 5.82. The van der Waals surface area contributed by atoms with Gasteiger partial charge in [0.2, 0.25) is 0 Å². The highest BCUT2D eigenvalue weighted by Crippen LogP contribution is 2.08. The standard InChI is InChI=1S/C11H10ClN3O2/c1-3-5-14-9(12)8(7-13)10(16)15(6-4-2)11(14)17/h3-4H,1-2,5-6H2. The van der Waals surface area contributed by atoms with Crippen LogP contribution in [0, 0.1) is 11.3 Å². The second-order valence-corrected chi connectivity index (χ2v) is 3.52. The second-order valence-electron chi connectivity index (χ2n) is 3.16. The molecule has 0 aliphatic heterocycles. The highest BCUT2D eigenvalue weighted by molar-refractivity contribution is 6.30. The summed E-state index contributed by atoms with van der Waals surface area (Å²) in [5, 5.41) is 8.70. The lowest BCUT2D eigenvalue weighted by atomic mass is 10.3. The van der Waals surface area contributed by atoms with E-state index >= 15 is 0 Å². The Morgan fingerprint density at radius 1 is 1.24 bits per heavy atom. The maximum Gasteiger partial charge on any atom is 0.332 e. The van der Waals surface area contributed by atoms with Gasteiger partial charge in [-0.05, 0) is 0 Å². The molecule has 17 heavy (non-hydrogen) atoms. The maximum absolute atomic E-state index is 11.9. The van der Waals surface area contributed by atoms with Crippen molar-refractivity contribution in [3.05, 3.63) is 56.9 Å². The Morgan fingerprint density at radius 3 is 2.24 bits per heavy atom. The van der Waals surface area contributed by atoms with Crippen molar-refractivity contribution in [3.63, 3.8) is 0 Å². The molecular formula is C11H10ClN3O2. The van der Waals surface area contributed by atoms with Crippen molar-refractivity contribution < 1.29 is 0 Å². The van der Waals surface area contributed by atoms with Crippen LogP contribution in [0.15, 0.2) is 34.9 Å². The number of aromatic nitrogens is 2. The Hall–Kier alpha value is -2.06. The van der Waals surface area contributed by atoms with Crippen molar-refractivity contribution in [2.24, 2.45) is 0 Å². The van der Waals surface area contributed by atoms with Gasteiger partial charge in [-0.3, -0.25) is 13.9 Å². The van der Waals surface area contributed by atoms with Crippen LogP contribution >= 0.6 is 11.6 Å². The van der Waals surface area contributed by atoms with Crippen molar-refractivity contribution in [2.75, 3.05) is 0 Å². The predicted octanol–water partition coefficient (Wildman–Crippen LogP) is 0.907. The van der Waals surface area contributed by atoms with Gasteiger partial charge >= 0.3 is 5.69 Å². The summed E-state index contributed by atoms with van der Waals surface area (Å²) in [5.41, 5.74) is -1.54. The summed E-state index contributed by atoms with van der Waals surface area (Å²) < 4.78 is 2.01. The van der Waals surface area contributed by atoms with E-state index in [4.69, 9.17) is 16.9 Å². The molecule has 0 saturated heterocycles. The van der Waals surface area contributed by atoms with Crippen molar-refractivity contribution in [3.8, 4) is 6.07 Å². The second kappa shape index (κ2) is 5.32. The molecular weight excluding hydrogens is 242 g/mol. The van der Waals surface area contributed by atoms with Crippen LogP contribution in [0.1, 0.15) is 5.56 Å². The zero-order valence-corrected chi connectivity index (χ0v) is 9.78. The monoisotopic (exact) mass is 251 g/mol. The lowest BCUT2D eigenvalue weighted by molar-refractivity contribution is 0.623. The largest absolute Gasteiger partial charge is 0.332 e. The summed E-state index contributed by atoms with van der Waals surface area (Å²) in [6, 6.07) is 1.69. The van der Waals surface area contributed by atoms with Crippen molar-refractivity contribution in [2.45, 2.75) is 13.1 Å². The zero-order valence-electron chi connectivity index (χ0n) is 9.02. The number of hydrogen-bond donors (Lipinski definition) is 0. The lowest BCUT2D eigenvalue weighted by Gasteiger charge is -2.10. The topological polar surface area (TPSA) is 67.8 Å². The van der Waals surface area contributed by atoms with E-state index in [2.05, 4.69) is 13.2 Å². The first kappa shape index (κ1) is 13.0. The first-order valence-electron chi connectivity index (χ1n) is 4.73. The molecule has 0 saturated carbocycles. The minimum Gasteiger partial charge on any atom is -0.279 e. The van der Waals surface area contributed by atoms with E-state index in [0.717, 1.165) is 9.13 Å². The fourth-order valence-corrected chi connectivity index (χ4v) is 1.61. The van der Waals surface area contributed by atoms with Gasteiger partial charge in [0.1, 0.15) is 11.2 Å². The molecule has 0 bridgehead atoms. The molecule has 1 rings (SSSR count). The minimum absolute atomic E-state index is 0.0284. The molecule has 0 N–H and O–H groups in total. The third-order valence-corrected chi connectivity index (χ3v) is 2.49. The van der Waals surface area contributed by atoms with Crippen LogP contribution in [0.2, 0.25) is 5.15 Å². The summed E-state index contributed by atoms with van der Waals surface area (Å²) in [7, 11) is 0. The molecule has 5 nitrogen and oxygen atoms in total. The van der Waals surface area contributed by atoms with Gasteiger partial charge in [0.05, 0.1) is 0 Å². The molecule has 0 amide bonds. The third-order valence-electron chi connectivity index (χ3n) is 2.10. The summed E-state index contributed by atoms with van der Waals surface area (Å²) in [6.07, 6.45) is 2.85. The number of hydrogen-bond acceptors (Lipinski definition) is 3. The van der Waals surface area contributed by atoms with Crippen LogP contribution in [-0.2, 0) is 13.1 Å². The van der Waals surface area contributed by atoms with Crippen LogP contribution in [0.25, 0.3) is 0 Å². The first-order chi connectivity index (χ1) is 8.08. The van der Waals surface area contributed by atoms with E-state index in [0.29, 0.717) is 0 Å². The summed E-state index contributed by atoms with van der Waals surface area (Å²) in [5.74, 6) is 0. The molecule has 0 radical (unpaired) electrons. The highest BCUT2D eigenvalue weighted by atomic mass is 35.5. The number of rotatable bonds is 4. The van der Waals surface area contributed by atoms with Crippen LogP contribution in [0.4, 0.5) is 0 Å². The van der Waals surface area contributed by atoms with Crippen LogP contribution < -0.4 is 11.2 Å². The average molecular weight is 252 g/mol. The highest BCUT2D eigenvalue weighted by Gasteiger charge is 2.15. The zero-order chi connectivity index (χ0) is 13.0. The predicted molar refractivity (Wildman–Crippen MR) is 65.1 cm³/mol. The quantitative estimate of drug-likeness (QED) is 0.590. The van der Waals surface area contributed by atoms with Gasteiger partial charge in [0.25, 0.3) is 5.56 Å². The van der Waals surface area contributed by atoms with Gasteiger partial charge in [-0.2, -0.15) is 5.26 Å². The molecule has 0 unspecified atom stereocenters. The van der Waals surface area contributed by atoms with Gasteiger partial charge in [-0.1, -0.05) is 23.8 Å². The van der Waals surface area contributed by atoms with Gasteiger partial charge in [-0.15, -0.1) is 13.2 Å². The molecule has 0 aliphatic carbocycles. The van der Waals surface area contributed by atoms with Crippen LogP contribution in [0.3, 0.4) is 0 Å². The number of nitrogens with zero attached hydrogens (tertiary/aromatic N) is 3. The van der Waals surface area contributed by atoms with Gasteiger partial charge in [0.15, 0.2) is 5.56 Å². The number of allylic oxidation sites excluding steroid dienone is 2. The summed E-state index contributed by atoms with van der Waals surface area (Å²) in [4.78, 5) is 23.7. The van der Waals surface area contributed by atoms with Crippen LogP contribution in [-0.4, -0.2) is 9.13 Å². The smallest absolute Gasteiger partial charge is 0.279 e. The van der Waals surface area contributed by atoms with E-state index in [9.17, 15) is 9.59 Å². The molecule has 6 heteroatoms. The minimum atomic E-state index is -0.706. The van der Waals surface area contributed by atoms with Crippen LogP contribution in [0.5, 0.6) is 0 Å². The Kier molecular flexibility index (Phi) is 4.07. The Labute approximate surface area is 102 Å². The van der Waals surface area contributed by atoms with Crippen molar-refractivity contribution >= 4 is 11.6 Å². The number of halogens is 1. The lowest BCUT2D eigenvalue weighted by Crippen LogP contribution is -2.41.